The fourth-order valence-corrected chi connectivity index (χ4v) is 2.99. The van der Waals surface area contributed by atoms with Gasteiger partial charge in [-0.15, -0.1) is 0 Å². The average molecular weight is 336 g/mol. The Morgan fingerprint density at radius 3 is 1.96 bits per heavy atom. The van der Waals surface area contributed by atoms with Crippen LogP contribution in [0.2, 0.25) is 0 Å². The second-order valence-electron chi connectivity index (χ2n) is 6.14. The number of allylic oxidation sites excluding steroid dienone is 2. The summed E-state index contributed by atoms with van der Waals surface area (Å²) >= 11 is 0. The minimum Gasteiger partial charge on any atom is -0.446 e. The van der Waals surface area contributed by atoms with Crippen LogP contribution in [-0.4, -0.2) is 5.79 Å². The van der Waals surface area contributed by atoms with Crippen molar-refractivity contribution in [2.45, 2.75) is 25.6 Å². The Bertz CT molecular complexity index is 735. The fourth-order valence-electron chi connectivity index (χ4n) is 2.99. The fraction of sp³-hybridized carbons (Fsp3) is 0.238. The number of benzene rings is 2. The van der Waals surface area contributed by atoms with Crippen molar-refractivity contribution in [1.82, 2.24) is 0 Å². The zero-order chi connectivity index (χ0) is 17.7. The van der Waals surface area contributed by atoms with E-state index in [0.29, 0.717) is 22.9 Å². The summed E-state index contributed by atoms with van der Waals surface area (Å²) in [5.74, 6) is 0.244. The SMILES string of the molecule is CCCC1C=CC=CC1(Oc1ccccc1N)Oc1ccccc1N. The highest BCUT2D eigenvalue weighted by Crippen LogP contribution is 2.38. The van der Waals surface area contributed by atoms with E-state index in [0.717, 1.165) is 12.8 Å². The third-order valence-electron chi connectivity index (χ3n) is 4.28. The molecule has 1 unspecified atom stereocenters. The smallest absolute Gasteiger partial charge is 0.277 e. The van der Waals surface area contributed by atoms with E-state index in [1.54, 1.807) is 0 Å². The Balaban J connectivity index is 2.01. The molecular weight excluding hydrogens is 312 g/mol. The molecule has 1 aliphatic rings. The van der Waals surface area contributed by atoms with E-state index in [4.69, 9.17) is 20.9 Å². The summed E-state index contributed by atoms with van der Waals surface area (Å²) in [6.07, 6.45) is 9.93. The van der Waals surface area contributed by atoms with Gasteiger partial charge in [0.2, 0.25) is 0 Å². The third kappa shape index (κ3) is 3.63. The van der Waals surface area contributed by atoms with E-state index in [-0.39, 0.29) is 5.92 Å². The van der Waals surface area contributed by atoms with Gasteiger partial charge in [-0.25, -0.2) is 0 Å². The van der Waals surface area contributed by atoms with Gasteiger partial charge in [0.25, 0.3) is 5.79 Å². The normalized spacial score (nSPS) is 18.0. The van der Waals surface area contributed by atoms with Gasteiger partial charge < -0.3 is 20.9 Å². The maximum Gasteiger partial charge on any atom is 0.277 e. The van der Waals surface area contributed by atoms with Crippen LogP contribution in [0.25, 0.3) is 0 Å². The number of anilines is 2. The van der Waals surface area contributed by atoms with Crippen LogP contribution in [0.3, 0.4) is 0 Å². The molecule has 0 spiro atoms. The molecule has 0 heterocycles. The van der Waals surface area contributed by atoms with Crippen LogP contribution in [0.4, 0.5) is 11.4 Å². The van der Waals surface area contributed by atoms with E-state index in [1.165, 1.54) is 0 Å². The molecule has 3 rings (SSSR count). The second kappa shape index (κ2) is 7.34. The first kappa shape index (κ1) is 17.0. The first-order chi connectivity index (χ1) is 12.1. The average Bonchev–Trinajstić information content (AvgIpc) is 2.61. The number of nitrogen functional groups attached to an aromatic ring is 2. The van der Waals surface area contributed by atoms with E-state index < -0.39 is 5.79 Å². The van der Waals surface area contributed by atoms with Gasteiger partial charge in [-0.2, -0.15) is 0 Å². The van der Waals surface area contributed by atoms with E-state index in [2.05, 4.69) is 13.0 Å². The van der Waals surface area contributed by atoms with Crippen molar-refractivity contribution < 1.29 is 9.47 Å². The van der Waals surface area contributed by atoms with Crippen molar-refractivity contribution in [1.29, 1.82) is 0 Å². The molecule has 0 saturated carbocycles. The molecule has 0 fully saturated rings. The molecule has 1 aliphatic carbocycles. The standard InChI is InChI=1S/C21H24N2O2/c1-2-9-16-10-7-8-15-21(16,24-19-13-5-3-11-17(19)22)25-20-14-6-4-12-18(20)23/h3-8,10-16H,2,9,22-23H2,1H3. The molecule has 4 heteroatoms. The maximum absolute atomic E-state index is 6.36. The first-order valence-corrected chi connectivity index (χ1v) is 8.57. The van der Waals surface area contributed by atoms with Crippen LogP contribution in [0.1, 0.15) is 19.8 Å². The maximum atomic E-state index is 6.36. The summed E-state index contributed by atoms with van der Waals surface area (Å²) in [5, 5.41) is 0. The minimum atomic E-state index is -0.990. The molecule has 25 heavy (non-hydrogen) atoms. The third-order valence-corrected chi connectivity index (χ3v) is 4.28. The lowest BCUT2D eigenvalue weighted by Crippen LogP contribution is -2.48. The van der Waals surface area contributed by atoms with Crippen LogP contribution < -0.4 is 20.9 Å². The lowest BCUT2D eigenvalue weighted by molar-refractivity contribution is -0.104. The van der Waals surface area contributed by atoms with E-state index in [1.807, 2.05) is 66.8 Å². The lowest BCUT2D eigenvalue weighted by Gasteiger charge is -2.39. The second-order valence-corrected chi connectivity index (χ2v) is 6.14. The monoisotopic (exact) mass is 336 g/mol. The van der Waals surface area contributed by atoms with Gasteiger partial charge in [-0.1, -0.05) is 55.8 Å². The van der Waals surface area contributed by atoms with Crippen LogP contribution in [-0.2, 0) is 0 Å². The van der Waals surface area contributed by atoms with E-state index >= 15 is 0 Å². The molecule has 0 saturated heterocycles. The zero-order valence-corrected chi connectivity index (χ0v) is 14.4. The van der Waals surface area contributed by atoms with Gasteiger partial charge >= 0.3 is 0 Å². The molecule has 0 amide bonds. The predicted octanol–water partition coefficient (Wildman–Crippen LogP) is 4.55. The summed E-state index contributed by atoms with van der Waals surface area (Å²) in [5.41, 5.74) is 13.3. The summed E-state index contributed by atoms with van der Waals surface area (Å²) in [4.78, 5) is 0. The Hall–Kier alpha value is -2.88. The van der Waals surface area contributed by atoms with E-state index in [9.17, 15) is 0 Å². The van der Waals surface area contributed by atoms with Crippen LogP contribution >= 0.6 is 0 Å². The molecule has 130 valence electrons. The van der Waals surface area contributed by atoms with Crippen LogP contribution in [0.5, 0.6) is 11.5 Å². The molecule has 1 atom stereocenters. The Morgan fingerprint density at radius 2 is 1.44 bits per heavy atom. The minimum absolute atomic E-state index is 0.0433. The highest BCUT2D eigenvalue weighted by atomic mass is 16.7. The highest BCUT2D eigenvalue weighted by molar-refractivity contribution is 5.54. The molecule has 4 N–H and O–H groups in total. The number of hydrogen-bond acceptors (Lipinski definition) is 4. The molecule has 2 aromatic rings. The topological polar surface area (TPSA) is 70.5 Å². The number of hydrogen-bond donors (Lipinski definition) is 2. The number of para-hydroxylation sites is 4. The molecule has 0 aromatic heterocycles. The molecule has 0 bridgehead atoms. The Labute approximate surface area is 148 Å². The van der Waals surface area contributed by atoms with Crippen molar-refractivity contribution >= 4 is 11.4 Å². The van der Waals surface area contributed by atoms with Crippen molar-refractivity contribution in [2.24, 2.45) is 5.92 Å². The van der Waals surface area contributed by atoms with Crippen LogP contribution in [0, 0.1) is 5.92 Å². The number of ether oxygens (including phenoxy) is 2. The van der Waals surface area contributed by atoms with Gasteiger partial charge in [0.1, 0.15) is 11.5 Å². The van der Waals surface area contributed by atoms with Gasteiger partial charge in [-0.05, 0) is 30.7 Å². The van der Waals surface area contributed by atoms with Gasteiger partial charge in [-0.3, -0.25) is 0 Å². The molecular formula is C21H24N2O2. The summed E-state index contributed by atoms with van der Waals surface area (Å²) in [6.45, 7) is 2.14. The summed E-state index contributed by atoms with van der Waals surface area (Å²) in [6, 6.07) is 14.9. The zero-order valence-electron chi connectivity index (χ0n) is 14.4. The molecule has 2 aromatic carbocycles. The van der Waals surface area contributed by atoms with Gasteiger partial charge in [0, 0.05) is 6.08 Å². The quantitative estimate of drug-likeness (QED) is 0.600. The predicted molar refractivity (Wildman–Crippen MR) is 102 cm³/mol. The van der Waals surface area contributed by atoms with Crippen molar-refractivity contribution in [2.75, 3.05) is 11.5 Å². The Morgan fingerprint density at radius 1 is 0.880 bits per heavy atom. The largest absolute Gasteiger partial charge is 0.446 e. The van der Waals surface area contributed by atoms with Gasteiger partial charge in [0.15, 0.2) is 0 Å². The molecule has 0 radical (unpaired) electrons. The summed E-state index contributed by atoms with van der Waals surface area (Å²) in [7, 11) is 0. The Kier molecular flexibility index (Phi) is 4.98. The number of nitrogens with two attached hydrogens (primary N) is 2. The highest BCUT2D eigenvalue weighted by Gasteiger charge is 2.41. The van der Waals surface area contributed by atoms with Crippen molar-refractivity contribution in [3.8, 4) is 11.5 Å². The van der Waals surface area contributed by atoms with Crippen LogP contribution in [0.15, 0.2) is 72.8 Å². The molecule has 0 aliphatic heterocycles. The van der Waals surface area contributed by atoms with Crippen molar-refractivity contribution in [3.05, 3.63) is 72.8 Å². The molecule has 4 nitrogen and oxygen atoms in total. The number of rotatable bonds is 6. The lowest BCUT2D eigenvalue weighted by atomic mass is 9.89. The van der Waals surface area contributed by atoms with Gasteiger partial charge in [0.05, 0.1) is 17.3 Å². The van der Waals surface area contributed by atoms with Crippen molar-refractivity contribution in [3.63, 3.8) is 0 Å². The summed E-state index contributed by atoms with van der Waals surface area (Å²) < 4.78 is 12.7. The first-order valence-electron chi connectivity index (χ1n) is 8.57.